The van der Waals surface area contributed by atoms with Crippen molar-refractivity contribution in [2.45, 2.75) is 71.1 Å². The van der Waals surface area contributed by atoms with Crippen LogP contribution in [0, 0.1) is 5.92 Å². The molecule has 0 aromatic rings. The fraction of sp³-hybridized carbons (Fsp3) is 0.895. The SMILES string of the molecule is CCCCCCCCN=C(N)NCCCCN1CCC(C(N)=O)CC1.I. The highest BCUT2D eigenvalue weighted by Crippen LogP contribution is 2.16. The molecule has 0 saturated carbocycles. The molecule has 0 aliphatic carbocycles. The van der Waals surface area contributed by atoms with Crippen LogP contribution in [0.2, 0.25) is 0 Å². The number of aliphatic imine (C=N–C) groups is 1. The predicted octanol–water partition coefficient (Wildman–Crippen LogP) is 2.85. The van der Waals surface area contributed by atoms with E-state index in [9.17, 15) is 4.79 Å². The quantitative estimate of drug-likeness (QED) is 0.163. The minimum absolute atomic E-state index is 0. The van der Waals surface area contributed by atoms with Gasteiger partial charge in [0.2, 0.25) is 5.91 Å². The monoisotopic (exact) mass is 481 g/mol. The molecule has 0 spiro atoms. The second kappa shape index (κ2) is 16.6. The number of amides is 1. The number of hydrogen-bond acceptors (Lipinski definition) is 3. The molecule has 1 fully saturated rings. The molecule has 1 saturated heterocycles. The first-order valence-electron chi connectivity index (χ1n) is 10.2. The molecule has 0 unspecified atom stereocenters. The molecule has 5 N–H and O–H groups in total. The van der Waals surface area contributed by atoms with Crippen LogP contribution < -0.4 is 16.8 Å². The van der Waals surface area contributed by atoms with Crippen LogP contribution in [0.4, 0.5) is 0 Å². The molecule has 0 aromatic carbocycles. The Bertz CT molecular complexity index is 384. The lowest BCUT2D eigenvalue weighted by Crippen LogP contribution is -2.39. The van der Waals surface area contributed by atoms with E-state index in [0.29, 0.717) is 5.96 Å². The Balaban J connectivity index is 0.00000625. The number of likely N-dealkylation sites (tertiary alicyclic amines) is 1. The van der Waals surface area contributed by atoms with Crippen molar-refractivity contribution in [2.24, 2.45) is 22.4 Å². The van der Waals surface area contributed by atoms with Crippen LogP contribution >= 0.6 is 24.0 Å². The zero-order valence-electron chi connectivity index (χ0n) is 16.5. The van der Waals surface area contributed by atoms with Crippen molar-refractivity contribution in [1.82, 2.24) is 10.2 Å². The number of carbonyl (C=O) groups is 1. The molecule has 26 heavy (non-hydrogen) atoms. The van der Waals surface area contributed by atoms with Gasteiger partial charge in [-0.25, -0.2) is 0 Å². The van der Waals surface area contributed by atoms with Crippen LogP contribution in [0.15, 0.2) is 4.99 Å². The first-order chi connectivity index (χ1) is 12.1. The van der Waals surface area contributed by atoms with Gasteiger partial charge in [-0.3, -0.25) is 9.79 Å². The Hall–Kier alpha value is -0.570. The second-order valence-electron chi connectivity index (χ2n) is 7.19. The number of hydrogen-bond donors (Lipinski definition) is 3. The highest BCUT2D eigenvalue weighted by atomic mass is 127. The van der Waals surface area contributed by atoms with Gasteiger partial charge in [-0.05, 0) is 51.7 Å². The summed E-state index contributed by atoms with van der Waals surface area (Å²) in [4.78, 5) is 18.0. The second-order valence-corrected chi connectivity index (χ2v) is 7.19. The Morgan fingerprint density at radius 2 is 1.69 bits per heavy atom. The minimum atomic E-state index is -0.139. The molecule has 0 atom stereocenters. The molecular weight excluding hydrogens is 441 g/mol. The number of primary amides is 1. The predicted molar refractivity (Wildman–Crippen MR) is 121 cm³/mol. The maximum atomic E-state index is 11.1. The summed E-state index contributed by atoms with van der Waals surface area (Å²) in [5.74, 6) is 0.524. The molecular formula is C19H40IN5O. The number of nitrogens with one attached hydrogen (secondary N) is 1. The smallest absolute Gasteiger partial charge is 0.220 e. The van der Waals surface area contributed by atoms with E-state index < -0.39 is 0 Å². The number of nitrogens with zero attached hydrogens (tertiary/aromatic N) is 2. The van der Waals surface area contributed by atoms with Gasteiger partial charge in [0.05, 0.1) is 0 Å². The van der Waals surface area contributed by atoms with Gasteiger partial charge in [0.15, 0.2) is 5.96 Å². The summed E-state index contributed by atoms with van der Waals surface area (Å²) in [6, 6.07) is 0. The maximum absolute atomic E-state index is 11.1. The van der Waals surface area contributed by atoms with Crippen molar-refractivity contribution in [3.05, 3.63) is 0 Å². The van der Waals surface area contributed by atoms with E-state index in [-0.39, 0.29) is 35.8 Å². The standard InChI is InChI=1S/C19H39N5O.HI/c1-2-3-4-5-6-7-12-22-19(21)23-13-8-9-14-24-15-10-17(11-16-24)18(20)25;/h17H,2-16H2,1H3,(H2,20,25)(H3,21,22,23);1H. The highest BCUT2D eigenvalue weighted by molar-refractivity contribution is 14.0. The molecule has 0 bridgehead atoms. The molecule has 1 aliphatic heterocycles. The van der Waals surface area contributed by atoms with Gasteiger partial charge in [0.25, 0.3) is 0 Å². The number of nitrogens with two attached hydrogens (primary N) is 2. The van der Waals surface area contributed by atoms with Crippen molar-refractivity contribution in [3.63, 3.8) is 0 Å². The number of unbranched alkanes of at least 4 members (excludes halogenated alkanes) is 6. The van der Waals surface area contributed by atoms with E-state index in [4.69, 9.17) is 11.5 Å². The largest absolute Gasteiger partial charge is 0.370 e. The van der Waals surface area contributed by atoms with Gasteiger partial charge in [0.1, 0.15) is 0 Å². The number of guanidine groups is 1. The lowest BCUT2D eigenvalue weighted by molar-refractivity contribution is -0.123. The number of halogens is 1. The van der Waals surface area contributed by atoms with Crippen LogP contribution in [-0.2, 0) is 4.79 Å². The van der Waals surface area contributed by atoms with Crippen LogP contribution in [0.25, 0.3) is 0 Å². The van der Waals surface area contributed by atoms with Crippen molar-refractivity contribution in [3.8, 4) is 0 Å². The van der Waals surface area contributed by atoms with Gasteiger partial charge >= 0.3 is 0 Å². The van der Waals surface area contributed by atoms with E-state index in [0.717, 1.165) is 64.8 Å². The third-order valence-corrected chi connectivity index (χ3v) is 4.99. The molecule has 1 aliphatic rings. The average molecular weight is 481 g/mol. The average Bonchev–Trinajstić information content (AvgIpc) is 2.61. The van der Waals surface area contributed by atoms with Crippen LogP contribution in [-0.4, -0.2) is 49.5 Å². The minimum Gasteiger partial charge on any atom is -0.370 e. The van der Waals surface area contributed by atoms with E-state index in [1.165, 1.54) is 32.1 Å². The molecule has 0 radical (unpaired) electrons. The topological polar surface area (TPSA) is 96.7 Å². The number of carbonyl (C=O) groups excluding carboxylic acids is 1. The third-order valence-electron chi connectivity index (χ3n) is 4.99. The Kier molecular flexibility index (Phi) is 16.2. The zero-order chi connectivity index (χ0) is 18.3. The van der Waals surface area contributed by atoms with E-state index in [1.54, 1.807) is 0 Å². The van der Waals surface area contributed by atoms with Crippen LogP contribution in [0.3, 0.4) is 0 Å². The van der Waals surface area contributed by atoms with Crippen molar-refractivity contribution in [2.75, 3.05) is 32.7 Å². The van der Waals surface area contributed by atoms with Gasteiger partial charge < -0.3 is 21.7 Å². The fourth-order valence-corrected chi connectivity index (χ4v) is 3.27. The van der Waals surface area contributed by atoms with Crippen molar-refractivity contribution >= 4 is 35.8 Å². The summed E-state index contributed by atoms with van der Waals surface area (Å²) in [6.45, 7) is 7.01. The third kappa shape index (κ3) is 12.7. The lowest BCUT2D eigenvalue weighted by atomic mass is 9.96. The van der Waals surface area contributed by atoms with E-state index in [1.807, 2.05) is 0 Å². The molecule has 1 amide bonds. The first kappa shape index (κ1) is 25.4. The van der Waals surface area contributed by atoms with Crippen LogP contribution in [0.5, 0.6) is 0 Å². The van der Waals surface area contributed by atoms with E-state index >= 15 is 0 Å². The van der Waals surface area contributed by atoms with E-state index in [2.05, 4.69) is 22.1 Å². The lowest BCUT2D eigenvalue weighted by Gasteiger charge is -2.30. The molecule has 1 heterocycles. The summed E-state index contributed by atoms with van der Waals surface area (Å²) in [5.41, 5.74) is 11.3. The van der Waals surface area contributed by atoms with Gasteiger partial charge in [-0.15, -0.1) is 24.0 Å². The summed E-state index contributed by atoms with van der Waals surface area (Å²) < 4.78 is 0. The summed E-state index contributed by atoms with van der Waals surface area (Å²) in [7, 11) is 0. The van der Waals surface area contributed by atoms with Crippen molar-refractivity contribution < 1.29 is 4.79 Å². The van der Waals surface area contributed by atoms with Crippen LogP contribution in [0.1, 0.15) is 71.1 Å². The van der Waals surface area contributed by atoms with Gasteiger partial charge in [0, 0.05) is 19.0 Å². The normalized spacial score (nSPS) is 16.3. The summed E-state index contributed by atoms with van der Waals surface area (Å²) in [6.07, 6.45) is 11.7. The Morgan fingerprint density at radius 3 is 2.35 bits per heavy atom. The summed E-state index contributed by atoms with van der Waals surface area (Å²) in [5, 5.41) is 3.20. The number of piperidine rings is 1. The molecule has 154 valence electrons. The summed E-state index contributed by atoms with van der Waals surface area (Å²) >= 11 is 0. The van der Waals surface area contributed by atoms with Crippen molar-refractivity contribution in [1.29, 1.82) is 0 Å². The van der Waals surface area contributed by atoms with Gasteiger partial charge in [-0.2, -0.15) is 0 Å². The Morgan fingerprint density at radius 1 is 1.04 bits per heavy atom. The molecule has 1 rings (SSSR count). The fourth-order valence-electron chi connectivity index (χ4n) is 3.27. The molecule has 6 nitrogen and oxygen atoms in total. The maximum Gasteiger partial charge on any atom is 0.220 e. The van der Waals surface area contributed by atoms with Gasteiger partial charge in [-0.1, -0.05) is 39.0 Å². The number of rotatable bonds is 13. The molecule has 0 aromatic heterocycles. The highest BCUT2D eigenvalue weighted by Gasteiger charge is 2.22. The molecule has 7 heteroatoms. The Labute approximate surface area is 176 Å². The first-order valence-corrected chi connectivity index (χ1v) is 10.2. The zero-order valence-corrected chi connectivity index (χ0v) is 18.9.